The quantitative estimate of drug-likeness (QED) is 0.540. The van der Waals surface area contributed by atoms with Gasteiger partial charge >= 0.3 is 12.0 Å². The van der Waals surface area contributed by atoms with Gasteiger partial charge in [0.15, 0.2) is 0 Å². The number of ether oxygens (including phenoxy) is 2. The number of esters is 1. The summed E-state index contributed by atoms with van der Waals surface area (Å²) in [4.78, 5) is 29.2. The fourth-order valence-electron chi connectivity index (χ4n) is 3.42. The molecule has 1 aliphatic rings. The number of methoxy groups -OCH3 is 1. The number of carbonyl (C=O) groups excluding carboxylic acids is 2. The number of hydrogen-bond acceptors (Lipinski definition) is 5. The first kappa shape index (κ1) is 21.1. The number of thiophene rings is 1. The summed E-state index contributed by atoms with van der Waals surface area (Å²) in [6.45, 7) is 6.10. The summed E-state index contributed by atoms with van der Waals surface area (Å²) in [5.74, 6) is -0.440. The van der Waals surface area contributed by atoms with Gasteiger partial charge in [-0.1, -0.05) is 30.3 Å². The summed E-state index contributed by atoms with van der Waals surface area (Å²) in [5.41, 5.74) is 2.17. The zero-order valence-corrected chi connectivity index (χ0v) is 17.9. The van der Waals surface area contributed by atoms with Crippen molar-refractivity contribution >= 4 is 23.3 Å². The summed E-state index contributed by atoms with van der Waals surface area (Å²) in [6.07, 6.45) is 0. The standard InChI is InChI=1S/C22H26N2O4S/c1-14(2)24-15(3)19(21(25)28-13-12-27-4)20(23-22(24)26)18-11-10-17(29-18)16-8-6-5-7-9-16/h5-11,14,20H,12-13H2,1-4H3,(H,23,26)/t20-/m0/s1. The maximum Gasteiger partial charge on any atom is 0.338 e. The Morgan fingerprint density at radius 3 is 2.55 bits per heavy atom. The fraction of sp³-hybridized carbons (Fsp3) is 0.364. The number of nitrogens with one attached hydrogen (secondary N) is 1. The van der Waals surface area contributed by atoms with Crippen LogP contribution in [0, 0.1) is 0 Å². The predicted molar refractivity (Wildman–Crippen MR) is 114 cm³/mol. The Morgan fingerprint density at radius 1 is 1.17 bits per heavy atom. The van der Waals surface area contributed by atoms with E-state index in [4.69, 9.17) is 9.47 Å². The summed E-state index contributed by atoms with van der Waals surface area (Å²) in [7, 11) is 1.55. The van der Waals surface area contributed by atoms with Crippen molar-refractivity contribution in [2.45, 2.75) is 32.9 Å². The Hall–Kier alpha value is -2.64. The largest absolute Gasteiger partial charge is 0.460 e. The molecule has 1 aromatic carbocycles. The molecule has 1 aliphatic heterocycles. The van der Waals surface area contributed by atoms with Crippen LogP contribution in [0.2, 0.25) is 0 Å². The van der Waals surface area contributed by atoms with Gasteiger partial charge in [0.25, 0.3) is 0 Å². The van der Waals surface area contributed by atoms with Gasteiger partial charge in [-0.05, 0) is 38.5 Å². The lowest BCUT2D eigenvalue weighted by Crippen LogP contribution is -2.50. The van der Waals surface area contributed by atoms with E-state index in [1.165, 1.54) is 0 Å². The van der Waals surface area contributed by atoms with Crippen LogP contribution in [0.1, 0.15) is 31.7 Å². The molecule has 154 valence electrons. The van der Waals surface area contributed by atoms with E-state index >= 15 is 0 Å². The van der Waals surface area contributed by atoms with Gasteiger partial charge in [0, 0.05) is 28.6 Å². The van der Waals surface area contributed by atoms with Crippen molar-refractivity contribution in [1.29, 1.82) is 0 Å². The number of rotatable bonds is 7. The molecule has 29 heavy (non-hydrogen) atoms. The topological polar surface area (TPSA) is 67.9 Å². The van der Waals surface area contributed by atoms with E-state index < -0.39 is 12.0 Å². The van der Waals surface area contributed by atoms with Crippen molar-refractivity contribution < 1.29 is 19.1 Å². The maximum atomic E-state index is 12.9. The highest BCUT2D eigenvalue weighted by atomic mass is 32.1. The summed E-state index contributed by atoms with van der Waals surface area (Å²) < 4.78 is 10.4. The van der Waals surface area contributed by atoms with Crippen LogP contribution in [0.3, 0.4) is 0 Å². The van der Waals surface area contributed by atoms with Crippen LogP contribution in [-0.4, -0.2) is 43.3 Å². The van der Waals surface area contributed by atoms with Gasteiger partial charge in [0.1, 0.15) is 6.61 Å². The molecule has 0 saturated carbocycles. The molecular weight excluding hydrogens is 388 g/mol. The van der Waals surface area contributed by atoms with E-state index in [0.717, 1.165) is 15.3 Å². The molecular formula is C22H26N2O4S. The second-order valence-corrected chi connectivity index (χ2v) is 8.16. The molecule has 1 atom stereocenters. The number of carbonyl (C=O) groups is 2. The molecule has 1 aromatic heterocycles. The van der Waals surface area contributed by atoms with Crippen molar-refractivity contribution in [2.75, 3.05) is 20.3 Å². The zero-order chi connectivity index (χ0) is 21.0. The number of allylic oxidation sites excluding steroid dienone is 1. The lowest BCUT2D eigenvalue weighted by atomic mass is 9.99. The van der Waals surface area contributed by atoms with E-state index in [1.54, 1.807) is 30.3 Å². The molecule has 0 fully saturated rings. The normalized spacial score (nSPS) is 16.9. The van der Waals surface area contributed by atoms with Gasteiger partial charge in [-0.2, -0.15) is 0 Å². The van der Waals surface area contributed by atoms with Crippen LogP contribution in [0.5, 0.6) is 0 Å². The fourth-order valence-corrected chi connectivity index (χ4v) is 4.49. The van der Waals surface area contributed by atoms with E-state index in [9.17, 15) is 9.59 Å². The Balaban J connectivity index is 1.98. The first-order valence-electron chi connectivity index (χ1n) is 9.55. The number of nitrogens with zero attached hydrogens (tertiary/aromatic N) is 1. The molecule has 2 aromatic rings. The van der Waals surface area contributed by atoms with Gasteiger partial charge in [-0.15, -0.1) is 11.3 Å². The highest BCUT2D eigenvalue weighted by molar-refractivity contribution is 7.15. The lowest BCUT2D eigenvalue weighted by molar-refractivity contribution is -0.140. The Labute approximate surface area is 175 Å². The number of hydrogen-bond donors (Lipinski definition) is 1. The molecule has 3 rings (SSSR count). The molecule has 1 N–H and O–H groups in total. The van der Waals surface area contributed by atoms with Gasteiger partial charge in [0.05, 0.1) is 18.2 Å². The number of amides is 2. The van der Waals surface area contributed by atoms with Crippen molar-refractivity contribution in [3.05, 3.63) is 58.6 Å². The van der Waals surface area contributed by atoms with Crippen LogP contribution >= 0.6 is 11.3 Å². The zero-order valence-electron chi connectivity index (χ0n) is 17.1. The molecule has 0 bridgehead atoms. The minimum atomic E-state index is -0.546. The van der Waals surface area contributed by atoms with Crippen LogP contribution in [0.25, 0.3) is 10.4 Å². The highest BCUT2D eigenvalue weighted by Gasteiger charge is 2.38. The highest BCUT2D eigenvalue weighted by Crippen LogP contribution is 2.38. The van der Waals surface area contributed by atoms with Crippen molar-refractivity contribution in [3.63, 3.8) is 0 Å². The van der Waals surface area contributed by atoms with E-state index in [1.807, 2.05) is 56.3 Å². The van der Waals surface area contributed by atoms with E-state index in [-0.39, 0.29) is 18.7 Å². The van der Waals surface area contributed by atoms with E-state index in [2.05, 4.69) is 5.32 Å². The maximum absolute atomic E-state index is 12.9. The summed E-state index contributed by atoms with van der Waals surface area (Å²) >= 11 is 1.56. The third-order valence-electron chi connectivity index (χ3n) is 4.75. The molecule has 0 unspecified atom stereocenters. The Bertz CT molecular complexity index is 905. The first-order chi connectivity index (χ1) is 13.9. The second kappa shape index (κ2) is 9.24. The smallest absolute Gasteiger partial charge is 0.338 e. The van der Waals surface area contributed by atoms with Crippen LogP contribution in [0.15, 0.2) is 53.7 Å². The molecule has 2 heterocycles. The van der Waals surface area contributed by atoms with Crippen molar-refractivity contribution in [1.82, 2.24) is 10.2 Å². The van der Waals surface area contributed by atoms with E-state index in [0.29, 0.717) is 17.9 Å². The molecule has 0 radical (unpaired) electrons. The molecule has 0 spiro atoms. The van der Waals surface area contributed by atoms with Gasteiger partial charge in [-0.3, -0.25) is 4.90 Å². The van der Waals surface area contributed by atoms with Crippen LogP contribution in [-0.2, 0) is 14.3 Å². The molecule has 0 aliphatic carbocycles. The average molecular weight is 415 g/mol. The summed E-state index contributed by atoms with van der Waals surface area (Å²) in [5, 5.41) is 2.99. The summed E-state index contributed by atoms with van der Waals surface area (Å²) in [6, 6.07) is 13.1. The predicted octanol–water partition coefficient (Wildman–Crippen LogP) is 4.35. The van der Waals surface area contributed by atoms with Gasteiger partial charge in [-0.25, -0.2) is 9.59 Å². The minimum Gasteiger partial charge on any atom is -0.460 e. The Morgan fingerprint density at radius 2 is 1.90 bits per heavy atom. The molecule has 6 nitrogen and oxygen atoms in total. The average Bonchev–Trinajstić information content (AvgIpc) is 3.18. The molecule has 7 heteroatoms. The van der Waals surface area contributed by atoms with Gasteiger partial charge < -0.3 is 14.8 Å². The third kappa shape index (κ3) is 4.52. The van der Waals surface area contributed by atoms with Crippen molar-refractivity contribution in [3.8, 4) is 10.4 Å². The first-order valence-corrected chi connectivity index (χ1v) is 10.4. The minimum absolute atomic E-state index is 0.0825. The number of benzene rings is 1. The van der Waals surface area contributed by atoms with Crippen LogP contribution in [0.4, 0.5) is 4.79 Å². The molecule has 0 saturated heterocycles. The van der Waals surface area contributed by atoms with Crippen LogP contribution < -0.4 is 5.32 Å². The lowest BCUT2D eigenvalue weighted by Gasteiger charge is -2.37. The number of urea groups is 1. The van der Waals surface area contributed by atoms with Gasteiger partial charge in [0.2, 0.25) is 0 Å². The third-order valence-corrected chi connectivity index (χ3v) is 5.95. The SMILES string of the molecule is COCCOC(=O)C1=C(C)N(C(C)C)C(=O)N[C@H]1c1ccc(-c2ccccc2)s1. The molecule has 2 amide bonds. The van der Waals surface area contributed by atoms with Crippen molar-refractivity contribution in [2.24, 2.45) is 0 Å². The second-order valence-electron chi connectivity index (χ2n) is 7.04. The monoisotopic (exact) mass is 414 g/mol. The Kier molecular flexibility index (Phi) is 6.71.